The van der Waals surface area contributed by atoms with E-state index in [9.17, 15) is 30.4 Å². The predicted octanol–water partition coefficient (Wildman–Crippen LogP) is 3.76. The summed E-state index contributed by atoms with van der Waals surface area (Å²) >= 11 is 0. The summed E-state index contributed by atoms with van der Waals surface area (Å²) in [5.74, 6) is -0.191. The summed E-state index contributed by atoms with van der Waals surface area (Å²) in [6, 6.07) is 6.17. The second-order valence-corrected chi connectivity index (χ2v) is 4.82. The molecule has 2 aromatic carbocycles. The lowest BCUT2D eigenvalue weighted by atomic mass is 10.1. The first-order valence-corrected chi connectivity index (χ1v) is 6.65. The zero-order chi connectivity index (χ0) is 17.9. The molecule has 10 nitrogen and oxygen atoms in total. The maximum atomic E-state index is 11.0. The Labute approximate surface area is 135 Å². The fraction of sp³-hybridized carbons (Fsp3) is 0.143. The molecule has 0 saturated heterocycles. The lowest BCUT2D eigenvalue weighted by Gasteiger charge is -2.08. The van der Waals surface area contributed by atoms with Gasteiger partial charge in [-0.25, -0.2) is 0 Å². The SMILES string of the molecule is CC(N=Nc1ccc([N+](=O)[O-])cc1[N+](=O)[O-])c1cc(O)ccc1O. The van der Waals surface area contributed by atoms with Crippen LogP contribution in [0.15, 0.2) is 46.6 Å². The minimum absolute atomic E-state index is 0.0776. The van der Waals surface area contributed by atoms with Gasteiger partial charge in [0, 0.05) is 11.6 Å². The van der Waals surface area contributed by atoms with Crippen LogP contribution in [0.2, 0.25) is 0 Å². The Bertz CT molecular complexity index is 836. The van der Waals surface area contributed by atoms with Crippen molar-refractivity contribution in [1.29, 1.82) is 0 Å². The molecule has 2 N–H and O–H groups in total. The number of benzene rings is 2. The molecule has 0 aliphatic carbocycles. The molecule has 0 aliphatic rings. The molecule has 124 valence electrons. The van der Waals surface area contributed by atoms with E-state index in [0.29, 0.717) is 0 Å². The van der Waals surface area contributed by atoms with Crippen LogP contribution in [-0.2, 0) is 0 Å². The molecule has 1 unspecified atom stereocenters. The molecular formula is C14H12N4O6. The molecule has 0 aliphatic heterocycles. The maximum Gasteiger partial charge on any atom is 0.303 e. The number of non-ortho nitro benzene ring substituents is 1. The number of phenols is 2. The third-order valence-corrected chi connectivity index (χ3v) is 3.17. The van der Waals surface area contributed by atoms with Crippen molar-refractivity contribution in [3.05, 3.63) is 62.2 Å². The molecule has 24 heavy (non-hydrogen) atoms. The lowest BCUT2D eigenvalue weighted by molar-refractivity contribution is -0.393. The van der Waals surface area contributed by atoms with Crippen molar-refractivity contribution in [2.75, 3.05) is 0 Å². The number of hydrogen-bond acceptors (Lipinski definition) is 8. The molecule has 0 saturated carbocycles. The summed E-state index contributed by atoms with van der Waals surface area (Å²) in [7, 11) is 0. The van der Waals surface area contributed by atoms with Gasteiger partial charge in [0.15, 0.2) is 5.69 Å². The van der Waals surface area contributed by atoms with E-state index in [2.05, 4.69) is 10.2 Å². The van der Waals surface area contributed by atoms with Crippen LogP contribution >= 0.6 is 0 Å². The molecule has 0 spiro atoms. The molecule has 0 radical (unpaired) electrons. The van der Waals surface area contributed by atoms with Gasteiger partial charge in [-0.15, -0.1) is 5.11 Å². The summed E-state index contributed by atoms with van der Waals surface area (Å²) in [6.07, 6.45) is 0. The van der Waals surface area contributed by atoms with Gasteiger partial charge in [-0.1, -0.05) is 0 Å². The van der Waals surface area contributed by atoms with Crippen molar-refractivity contribution < 1.29 is 20.1 Å². The molecule has 1 atom stereocenters. The number of rotatable bonds is 5. The largest absolute Gasteiger partial charge is 0.508 e. The van der Waals surface area contributed by atoms with E-state index in [0.717, 1.165) is 18.2 Å². The van der Waals surface area contributed by atoms with Gasteiger partial charge in [-0.05, 0) is 31.2 Å². The van der Waals surface area contributed by atoms with E-state index >= 15 is 0 Å². The Morgan fingerprint density at radius 2 is 1.75 bits per heavy atom. The number of nitro groups is 2. The van der Waals surface area contributed by atoms with Crippen molar-refractivity contribution in [2.24, 2.45) is 10.2 Å². The second-order valence-electron chi connectivity index (χ2n) is 4.82. The highest BCUT2D eigenvalue weighted by Crippen LogP contribution is 2.34. The maximum absolute atomic E-state index is 11.0. The Kier molecular flexibility index (Phi) is 4.68. The smallest absolute Gasteiger partial charge is 0.303 e. The van der Waals surface area contributed by atoms with Gasteiger partial charge in [0.05, 0.1) is 22.0 Å². The summed E-state index contributed by atoms with van der Waals surface area (Å²) in [4.78, 5) is 20.2. The molecule has 0 aromatic heterocycles. The summed E-state index contributed by atoms with van der Waals surface area (Å²) < 4.78 is 0. The van der Waals surface area contributed by atoms with Crippen molar-refractivity contribution in [2.45, 2.75) is 13.0 Å². The summed E-state index contributed by atoms with van der Waals surface area (Å²) in [6.45, 7) is 1.56. The van der Waals surface area contributed by atoms with E-state index in [1.54, 1.807) is 6.92 Å². The minimum Gasteiger partial charge on any atom is -0.508 e. The van der Waals surface area contributed by atoms with Gasteiger partial charge in [0.25, 0.3) is 5.69 Å². The molecule has 0 heterocycles. The van der Waals surface area contributed by atoms with Gasteiger partial charge in [0.2, 0.25) is 0 Å². The number of nitrogens with zero attached hydrogens (tertiary/aromatic N) is 4. The molecular weight excluding hydrogens is 320 g/mol. The van der Waals surface area contributed by atoms with E-state index in [1.165, 1.54) is 18.2 Å². The highest BCUT2D eigenvalue weighted by molar-refractivity contribution is 5.61. The van der Waals surface area contributed by atoms with E-state index in [4.69, 9.17) is 0 Å². The first kappa shape index (κ1) is 16.8. The normalized spacial score (nSPS) is 12.2. The average molecular weight is 332 g/mol. The molecule has 2 rings (SSSR count). The van der Waals surface area contributed by atoms with Crippen molar-refractivity contribution in [3.8, 4) is 11.5 Å². The predicted molar refractivity (Wildman–Crippen MR) is 82.5 cm³/mol. The van der Waals surface area contributed by atoms with Crippen LogP contribution < -0.4 is 0 Å². The van der Waals surface area contributed by atoms with Crippen LogP contribution in [0.1, 0.15) is 18.5 Å². The minimum atomic E-state index is -0.794. The number of aromatic hydroxyl groups is 2. The zero-order valence-corrected chi connectivity index (χ0v) is 12.4. The highest BCUT2D eigenvalue weighted by atomic mass is 16.6. The van der Waals surface area contributed by atoms with Crippen LogP contribution in [0.3, 0.4) is 0 Å². The van der Waals surface area contributed by atoms with E-state index in [-0.39, 0.29) is 22.7 Å². The second kappa shape index (κ2) is 6.69. The van der Waals surface area contributed by atoms with Gasteiger partial charge in [-0.2, -0.15) is 5.11 Å². The fourth-order valence-electron chi connectivity index (χ4n) is 1.94. The topological polar surface area (TPSA) is 151 Å². The first-order valence-electron chi connectivity index (χ1n) is 6.65. The number of azo groups is 1. The first-order chi connectivity index (χ1) is 11.3. The summed E-state index contributed by atoms with van der Waals surface area (Å²) in [5.41, 5.74) is -0.861. The Morgan fingerprint density at radius 1 is 1.04 bits per heavy atom. The average Bonchev–Trinajstić information content (AvgIpc) is 2.54. The van der Waals surface area contributed by atoms with Crippen molar-refractivity contribution in [3.63, 3.8) is 0 Å². The lowest BCUT2D eigenvalue weighted by Crippen LogP contribution is -1.93. The third kappa shape index (κ3) is 3.61. The van der Waals surface area contributed by atoms with Gasteiger partial charge in [-0.3, -0.25) is 20.2 Å². The van der Waals surface area contributed by atoms with Crippen LogP contribution in [0.25, 0.3) is 0 Å². The molecule has 0 fully saturated rings. The number of hydrogen-bond donors (Lipinski definition) is 2. The van der Waals surface area contributed by atoms with Crippen molar-refractivity contribution >= 4 is 17.1 Å². The van der Waals surface area contributed by atoms with Gasteiger partial charge >= 0.3 is 5.69 Å². The van der Waals surface area contributed by atoms with E-state index < -0.39 is 27.3 Å². The van der Waals surface area contributed by atoms with Gasteiger partial charge < -0.3 is 10.2 Å². The Balaban J connectivity index is 2.36. The monoisotopic (exact) mass is 332 g/mol. The van der Waals surface area contributed by atoms with Crippen LogP contribution in [0.4, 0.5) is 17.1 Å². The van der Waals surface area contributed by atoms with Crippen LogP contribution in [0.5, 0.6) is 11.5 Å². The Hall–Kier alpha value is -3.56. The zero-order valence-electron chi connectivity index (χ0n) is 12.4. The van der Waals surface area contributed by atoms with Crippen LogP contribution in [-0.4, -0.2) is 20.1 Å². The third-order valence-electron chi connectivity index (χ3n) is 3.17. The molecule has 2 aromatic rings. The van der Waals surface area contributed by atoms with Crippen molar-refractivity contribution in [1.82, 2.24) is 0 Å². The molecule has 0 amide bonds. The fourth-order valence-corrected chi connectivity index (χ4v) is 1.94. The molecule has 10 heteroatoms. The quantitative estimate of drug-likeness (QED) is 0.368. The number of nitro benzene ring substituents is 2. The van der Waals surface area contributed by atoms with Crippen LogP contribution in [0, 0.1) is 20.2 Å². The Morgan fingerprint density at radius 3 is 2.38 bits per heavy atom. The van der Waals surface area contributed by atoms with E-state index in [1.807, 2.05) is 0 Å². The number of phenolic OH excluding ortho intramolecular Hbond substituents is 2. The molecule has 0 bridgehead atoms. The highest BCUT2D eigenvalue weighted by Gasteiger charge is 2.20. The standard InChI is InChI=1S/C14H12N4O6/c1-8(11-7-10(19)3-5-14(11)20)15-16-12-4-2-9(17(21)22)6-13(12)18(23)24/h2-8,19-20H,1H3. The summed E-state index contributed by atoms with van der Waals surface area (Å²) in [5, 5.41) is 48.5. The van der Waals surface area contributed by atoms with Gasteiger partial charge in [0.1, 0.15) is 11.5 Å².